The third-order valence-electron chi connectivity index (χ3n) is 4.47. The molecule has 3 rings (SSSR count). The smallest absolute Gasteiger partial charge is 0.254 e. The van der Waals surface area contributed by atoms with Gasteiger partial charge in [0.25, 0.3) is 5.91 Å². The van der Waals surface area contributed by atoms with Crippen molar-refractivity contribution in [3.8, 4) is 0 Å². The van der Waals surface area contributed by atoms with Crippen LogP contribution >= 0.6 is 0 Å². The Morgan fingerprint density at radius 2 is 1.96 bits per heavy atom. The van der Waals surface area contributed by atoms with Crippen LogP contribution in [0.1, 0.15) is 41.6 Å². The molecule has 0 unspecified atom stereocenters. The fourth-order valence-corrected chi connectivity index (χ4v) is 4.16. The van der Waals surface area contributed by atoms with Crippen molar-refractivity contribution >= 4 is 15.9 Å². The number of hydrogen-bond donors (Lipinski definition) is 2. The number of benzene rings is 1. The Hall–Kier alpha value is -2.19. The molecule has 1 aliphatic carbocycles. The molecule has 1 aromatic heterocycles. The van der Waals surface area contributed by atoms with E-state index < -0.39 is 10.0 Å². The largest absolute Gasteiger partial charge is 0.349 e. The summed E-state index contributed by atoms with van der Waals surface area (Å²) in [5.74, 6) is -0.172. The van der Waals surface area contributed by atoms with Gasteiger partial charge in [-0.25, -0.2) is 13.1 Å². The molecular formula is C18H24N4O3S. The number of aromatic nitrogens is 2. The molecule has 1 fully saturated rings. The van der Waals surface area contributed by atoms with Crippen LogP contribution in [-0.4, -0.2) is 42.4 Å². The molecule has 26 heavy (non-hydrogen) atoms. The van der Waals surface area contributed by atoms with Gasteiger partial charge in [0, 0.05) is 18.3 Å². The van der Waals surface area contributed by atoms with Gasteiger partial charge in [0.05, 0.1) is 24.6 Å². The third-order valence-corrected chi connectivity index (χ3v) is 5.23. The second-order valence-corrected chi connectivity index (χ2v) is 8.62. The third kappa shape index (κ3) is 5.40. The molecule has 0 radical (unpaired) electrons. The van der Waals surface area contributed by atoms with Crippen molar-refractivity contribution in [2.24, 2.45) is 0 Å². The van der Waals surface area contributed by atoms with Crippen LogP contribution in [0.2, 0.25) is 0 Å². The molecule has 0 saturated heterocycles. The average molecular weight is 376 g/mol. The van der Waals surface area contributed by atoms with Crippen molar-refractivity contribution in [2.75, 3.05) is 6.26 Å². The lowest BCUT2D eigenvalue weighted by Gasteiger charge is -2.29. The Bertz CT molecular complexity index is 848. The summed E-state index contributed by atoms with van der Waals surface area (Å²) in [4.78, 5) is 12.5. The first-order valence-corrected chi connectivity index (χ1v) is 10.6. The van der Waals surface area contributed by atoms with Crippen molar-refractivity contribution in [1.29, 1.82) is 0 Å². The first-order chi connectivity index (χ1) is 12.4. The molecule has 8 heteroatoms. The lowest BCUT2D eigenvalue weighted by atomic mass is 9.91. The van der Waals surface area contributed by atoms with Gasteiger partial charge in [-0.15, -0.1) is 0 Å². The molecule has 1 aromatic carbocycles. The van der Waals surface area contributed by atoms with E-state index in [-0.39, 0.29) is 18.0 Å². The molecule has 0 bridgehead atoms. The van der Waals surface area contributed by atoms with E-state index in [1.807, 2.05) is 30.3 Å². The Morgan fingerprint density at radius 1 is 1.23 bits per heavy atom. The van der Waals surface area contributed by atoms with Gasteiger partial charge in [0.15, 0.2) is 0 Å². The fraction of sp³-hybridized carbons (Fsp3) is 0.444. The van der Waals surface area contributed by atoms with E-state index in [1.54, 1.807) is 17.1 Å². The number of nitrogens with zero attached hydrogens (tertiary/aromatic N) is 2. The molecule has 140 valence electrons. The maximum atomic E-state index is 12.5. The number of sulfonamides is 1. The van der Waals surface area contributed by atoms with Crippen molar-refractivity contribution in [3.63, 3.8) is 0 Å². The fourth-order valence-electron chi connectivity index (χ4n) is 3.34. The highest BCUT2D eigenvalue weighted by molar-refractivity contribution is 7.88. The van der Waals surface area contributed by atoms with E-state index in [0.717, 1.165) is 31.1 Å². The molecule has 1 amide bonds. The lowest BCUT2D eigenvalue weighted by Crippen LogP contribution is -2.45. The second kappa shape index (κ2) is 8.01. The van der Waals surface area contributed by atoms with Crippen LogP contribution in [0.4, 0.5) is 0 Å². The topological polar surface area (TPSA) is 93.1 Å². The van der Waals surface area contributed by atoms with Crippen LogP contribution in [0.5, 0.6) is 0 Å². The summed E-state index contributed by atoms with van der Waals surface area (Å²) in [5, 5.41) is 7.25. The number of amides is 1. The zero-order valence-corrected chi connectivity index (χ0v) is 15.6. The number of carbonyl (C=O) groups is 1. The molecule has 0 spiro atoms. The van der Waals surface area contributed by atoms with Crippen molar-refractivity contribution in [1.82, 2.24) is 19.8 Å². The maximum Gasteiger partial charge on any atom is 0.254 e. The molecule has 1 aliphatic rings. The minimum Gasteiger partial charge on any atom is -0.349 e. The summed E-state index contributed by atoms with van der Waals surface area (Å²) in [7, 11) is -3.23. The van der Waals surface area contributed by atoms with Gasteiger partial charge in [-0.1, -0.05) is 30.3 Å². The molecule has 0 aliphatic heterocycles. The Labute approximate surface area is 153 Å². The monoisotopic (exact) mass is 376 g/mol. The number of carbonyl (C=O) groups excluding carboxylic acids is 1. The Kier molecular flexibility index (Phi) is 5.73. The normalized spacial score (nSPS) is 20.7. The molecular weight excluding hydrogens is 352 g/mol. The van der Waals surface area contributed by atoms with Gasteiger partial charge in [0.1, 0.15) is 0 Å². The number of rotatable bonds is 6. The van der Waals surface area contributed by atoms with Gasteiger partial charge in [-0.2, -0.15) is 5.10 Å². The number of nitrogens with one attached hydrogen (secondary N) is 2. The van der Waals surface area contributed by atoms with Crippen LogP contribution in [0.15, 0.2) is 42.7 Å². The van der Waals surface area contributed by atoms with Gasteiger partial charge >= 0.3 is 0 Å². The van der Waals surface area contributed by atoms with Crippen LogP contribution in [0.25, 0.3) is 0 Å². The van der Waals surface area contributed by atoms with Gasteiger partial charge in [-0.05, 0) is 31.2 Å². The molecule has 2 atom stereocenters. The first kappa shape index (κ1) is 18.6. The summed E-state index contributed by atoms with van der Waals surface area (Å²) < 4.78 is 27.2. The minimum atomic E-state index is -3.23. The predicted molar refractivity (Wildman–Crippen MR) is 99.3 cm³/mol. The van der Waals surface area contributed by atoms with Crippen LogP contribution < -0.4 is 10.0 Å². The summed E-state index contributed by atoms with van der Waals surface area (Å²) in [6.07, 6.45) is 7.60. The summed E-state index contributed by atoms with van der Waals surface area (Å²) in [5.41, 5.74) is 1.63. The lowest BCUT2D eigenvalue weighted by molar-refractivity contribution is 0.0924. The highest BCUT2D eigenvalue weighted by Crippen LogP contribution is 2.19. The van der Waals surface area contributed by atoms with E-state index in [9.17, 15) is 13.2 Å². The maximum absolute atomic E-state index is 12.5. The highest BCUT2D eigenvalue weighted by Gasteiger charge is 2.25. The standard InChI is InChI=1S/C18H24N4O3S/c1-26(24,25)21-17-9-5-8-16(10-17)20-18(23)15-11-19-22(13-15)12-14-6-3-2-4-7-14/h2-4,6-7,11,13,16-17,21H,5,8-10,12H2,1H3,(H,20,23)/t16-,17-/m1/s1. The first-order valence-electron chi connectivity index (χ1n) is 8.73. The predicted octanol–water partition coefficient (Wildman–Crippen LogP) is 1.52. The number of hydrogen-bond acceptors (Lipinski definition) is 4. The summed E-state index contributed by atoms with van der Waals surface area (Å²) in [6.45, 7) is 0.609. The molecule has 2 N–H and O–H groups in total. The summed E-state index contributed by atoms with van der Waals surface area (Å²) >= 11 is 0. The van der Waals surface area contributed by atoms with Crippen LogP contribution in [-0.2, 0) is 16.6 Å². The second-order valence-electron chi connectivity index (χ2n) is 6.84. The van der Waals surface area contributed by atoms with E-state index >= 15 is 0 Å². The molecule has 7 nitrogen and oxygen atoms in total. The van der Waals surface area contributed by atoms with Gasteiger partial charge in [0.2, 0.25) is 10.0 Å². The Balaban J connectivity index is 1.56. The molecule has 1 saturated carbocycles. The Morgan fingerprint density at radius 3 is 2.69 bits per heavy atom. The quantitative estimate of drug-likeness (QED) is 0.799. The van der Waals surface area contributed by atoms with E-state index in [1.165, 1.54) is 0 Å². The highest BCUT2D eigenvalue weighted by atomic mass is 32.2. The van der Waals surface area contributed by atoms with E-state index in [4.69, 9.17) is 0 Å². The molecule has 2 aromatic rings. The van der Waals surface area contributed by atoms with Crippen LogP contribution in [0.3, 0.4) is 0 Å². The van der Waals surface area contributed by atoms with Crippen molar-refractivity contribution < 1.29 is 13.2 Å². The van der Waals surface area contributed by atoms with Gasteiger partial charge in [-0.3, -0.25) is 9.48 Å². The average Bonchev–Trinajstić information content (AvgIpc) is 3.03. The van der Waals surface area contributed by atoms with Crippen molar-refractivity contribution in [2.45, 2.75) is 44.3 Å². The molecule has 1 heterocycles. The van der Waals surface area contributed by atoms with Crippen LogP contribution in [0, 0.1) is 0 Å². The van der Waals surface area contributed by atoms with E-state index in [2.05, 4.69) is 15.1 Å². The van der Waals surface area contributed by atoms with Gasteiger partial charge < -0.3 is 5.32 Å². The van der Waals surface area contributed by atoms with E-state index in [0.29, 0.717) is 18.5 Å². The zero-order chi connectivity index (χ0) is 18.6. The minimum absolute atomic E-state index is 0.0343. The summed E-state index contributed by atoms with van der Waals surface area (Å²) in [6, 6.07) is 9.77. The zero-order valence-electron chi connectivity index (χ0n) is 14.8. The van der Waals surface area contributed by atoms with Crippen molar-refractivity contribution in [3.05, 3.63) is 53.9 Å². The SMILES string of the molecule is CS(=O)(=O)N[C@@H]1CCC[C@@H](NC(=O)c2cnn(Cc3ccccc3)c2)C1.